The predicted molar refractivity (Wildman–Crippen MR) is 196 cm³/mol. The van der Waals surface area contributed by atoms with E-state index in [1.54, 1.807) is 6.92 Å². The number of rotatable bonds is 8. The number of aromatic amines is 1. The zero-order valence-corrected chi connectivity index (χ0v) is 30.0. The van der Waals surface area contributed by atoms with Gasteiger partial charge in [-0.3, -0.25) is 20.1 Å². The lowest BCUT2D eigenvalue weighted by atomic mass is 9.82. The first-order valence-corrected chi connectivity index (χ1v) is 17.3. The van der Waals surface area contributed by atoms with E-state index in [9.17, 15) is 9.59 Å². The number of hydrogen-bond donors (Lipinski definition) is 2. The Morgan fingerprint density at radius 1 is 1.10 bits per heavy atom. The maximum atomic E-state index is 13.5. The van der Waals surface area contributed by atoms with Crippen LogP contribution in [0.1, 0.15) is 96.0 Å². The fraction of sp³-hybridized carbons (Fsp3) is 0.487. The van der Waals surface area contributed by atoms with Crippen LogP contribution in [0.2, 0.25) is 0 Å². The Morgan fingerprint density at radius 3 is 2.44 bits per heavy atom. The number of aromatic nitrogens is 2. The number of fused-ring (bicyclic) bond motifs is 1. The van der Waals surface area contributed by atoms with Crippen molar-refractivity contribution in [1.82, 2.24) is 25.1 Å². The third-order valence-electron chi connectivity index (χ3n) is 9.16. The number of guanidine groups is 1. The van der Waals surface area contributed by atoms with Gasteiger partial charge in [0.05, 0.1) is 12.0 Å². The lowest BCUT2D eigenvalue weighted by Crippen LogP contribution is -2.43. The summed E-state index contributed by atoms with van der Waals surface area (Å²) in [6.45, 7) is 21.5. The maximum Gasteiger partial charge on any atom is 0.413 e. The quantitative estimate of drug-likeness (QED) is 0.148. The van der Waals surface area contributed by atoms with Crippen LogP contribution in [0.4, 0.5) is 4.79 Å². The van der Waals surface area contributed by atoms with Crippen LogP contribution in [0.5, 0.6) is 0 Å². The van der Waals surface area contributed by atoms with E-state index < -0.39 is 11.5 Å². The molecule has 5 rings (SSSR count). The Hall–Kier alpha value is -4.40. The molecule has 2 aliphatic rings. The molecule has 2 aromatic heterocycles. The summed E-state index contributed by atoms with van der Waals surface area (Å²) >= 11 is 0. The molecule has 48 heavy (non-hydrogen) atoms. The van der Waals surface area contributed by atoms with E-state index in [1.165, 1.54) is 11.1 Å². The lowest BCUT2D eigenvalue weighted by molar-refractivity contribution is -0.135. The van der Waals surface area contributed by atoms with Gasteiger partial charge in [-0.2, -0.15) is 0 Å². The van der Waals surface area contributed by atoms with E-state index in [1.807, 2.05) is 51.9 Å². The molecule has 1 aromatic carbocycles. The molecule has 1 unspecified atom stereocenters. The van der Waals surface area contributed by atoms with Crippen LogP contribution in [0.15, 0.2) is 65.9 Å². The first kappa shape index (κ1) is 36.4. The Labute approximate surface area is 286 Å². The minimum Gasteiger partial charge on any atom is -0.450 e. The molecule has 0 bridgehead atoms. The van der Waals surface area contributed by atoms with Gasteiger partial charge >= 0.3 is 6.09 Å². The molecule has 258 valence electrons. The van der Waals surface area contributed by atoms with E-state index in [4.69, 9.17) is 9.73 Å². The fourth-order valence-electron chi connectivity index (χ4n) is 6.43. The fourth-order valence-corrected chi connectivity index (χ4v) is 6.43. The second-order valence-electron chi connectivity index (χ2n) is 13.6. The maximum absolute atomic E-state index is 13.5. The third-order valence-corrected chi connectivity index (χ3v) is 9.16. The molecule has 1 atom stereocenters. The summed E-state index contributed by atoms with van der Waals surface area (Å²) in [5, 5.41) is 4.01. The molecular formula is C39H54N6O3. The van der Waals surface area contributed by atoms with Crippen molar-refractivity contribution in [3.63, 3.8) is 0 Å². The van der Waals surface area contributed by atoms with Gasteiger partial charge in [0.25, 0.3) is 0 Å². The summed E-state index contributed by atoms with van der Waals surface area (Å²) in [4.78, 5) is 42.9. The van der Waals surface area contributed by atoms with Gasteiger partial charge in [0.15, 0.2) is 0 Å². The van der Waals surface area contributed by atoms with Gasteiger partial charge in [-0.05, 0) is 121 Å². The third kappa shape index (κ3) is 8.94. The Kier molecular flexibility index (Phi) is 12.6. The van der Waals surface area contributed by atoms with Gasteiger partial charge in [-0.15, -0.1) is 6.58 Å². The lowest BCUT2D eigenvalue weighted by Gasteiger charge is -2.29. The van der Waals surface area contributed by atoms with Gasteiger partial charge < -0.3 is 19.5 Å². The molecule has 2 fully saturated rings. The van der Waals surface area contributed by atoms with Crippen LogP contribution in [0.25, 0.3) is 16.5 Å². The summed E-state index contributed by atoms with van der Waals surface area (Å²) in [6.07, 6.45) is 9.04. The number of allylic oxidation sites excluding steroid dienone is 3. The predicted octanol–water partition coefficient (Wildman–Crippen LogP) is 7.60. The van der Waals surface area contributed by atoms with Gasteiger partial charge in [0.1, 0.15) is 0 Å². The summed E-state index contributed by atoms with van der Waals surface area (Å²) in [7, 11) is 0. The van der Waals surface area contributed by atoms with Crippen LogP contribution < -0.4 is 5.32 Å². The second kappa shape index (κ2) is 16.6. The topological polar surface area (TPSA) is 103 Å². The molecule has 0 radical (unpaired) electrons. The van der Waals surface area contributed by atoms with Gasteiger partial charge in [-0.25, -0.2) is 4.79 Å². The van der Waals surface area contributed by atoms with Crippen molar-refractivity contribution < 1.29 is 14.3 Å². The molecule has 9 heteroatoms. The number of amides is 2. The normalized spacial score (nSPS) is 16.9. The zero-order valence-electron chi connectivity index (χ0n) is 30.0. The molecule has 2 N–H and O–H groups in total. The Morgan fingerprint density at radius 2 is 1.79 bits per heavy atom. The number of alkyl carbamates (subject to hydrolysis) is 1. The van der Waals surface area contributed by atoms with Crippen LogP contribution in [-0.2, 0) is 21.4 Å². The average molecular weight is 655 g/mol. The molecular weight excluding hydrogens is 600 g/mol. The number of pyridine rings is 1. The van der Waals surface area contributed by atoms with Crippen molar-refractivity contribution in [3.05, 3.63) is 83.3 Å². The molecule has 0 spiro atoms. The highest BCUT2D eigenvalue weighted by molar-refractivity contribution is 5.95. The highest BCUT2D eigenvalue weighted by Gasteiger charge is 2.35. The largest absolute Gasteiger partial charge is 0.450 e. The van der Waals surface area contributed by atoms with E-state index in [2.05, 4.69) is 70.1 Å². The standard InChI is InChI=1S/C35H46N6O3.C4H8/c1-6-24(3)31-28(29-22-27(10-11-30(29)38-31)35(4,5)32(42)40-19-8-9-20-40)14-18-37-33(39-34(43)44-7-2)41-21-15-26(23-41)25-12-16-36-17-13-25;1-4(2)3/h6,10-13,16-17,22,26,38H,7-9,14-15,18-21,23H2,1-5H3,(H,37,39,43);1H2,2-3H3/b24-6+;. The molecule has 0 saturated carbocycles. The number of ether oxygens (including phenoxy) is 1. The zero-order chi connectivity index (χ0) is 34.8. The number of carbonyl (C=O) groups is 2. The molecule has 2 amide bonds. The van der Waals surface area contributed by atoms with Crippen molar-refractivity contribution in [2.75, 3.05) is 39.3 Å². The van der Waals surface area contributed by atoms with Crippen molar-refractivity contribution in [3.8, 4) is 0 Å². The van der Waals surface area contributed by atoms with E-state index in [0.717, 1.165) is 78.7 Å². The average Bonchev–Trinajstić information content (AvgIpc) is 3.85. The number of hydrogen-bond acceptors (Lipinski definition) is 5. The molecule has 0 aliphatic carbocycles. The molecule has 4 heterocycles. The van der Waals surface area contributed by atoms with Crippen molar-refractivity contribution in [1.29, 1.82) is 0 Å². The summed E-state index contributed by atoms with van der Waals surface area (Å²) in [6, 6.07) is 10.5. The van der Waals surface area contributed by atoms with Crippen LogP contribution >= 0.6 is 0 Å². The number of H-pyrrole nitrogens is 1. The number of nitrogens with one attached hydrogen (secondary N) is 2. The Bertz CT molecular complexity index is 1630. The molecule has 2 saturated heterocycles. The smallest absolute Gasteiger partial charge is 0.413 e. The van der Waals surface area contributed by atoms with Crippen molar-refractivity contribution >= 4 is 34.4 Å². The Balaban J connectivity index is 0.00000123. The summed E-state index contributed by atoms with van der Waals surface area (Å²) in [5.41, 5.74) is 7.23. The highest BCUT2D eigenvalue weighted by atomic mass is 16.5. The minimum absolute atomic E-state index is 0.186. The van der Waals surface area contributed by atoms with E-state index >= 15 is 0 Å². The van der Waals surface area contributed by atoms with Gasteiger partial charge in [0.2, 0.25) is 11.9 Å². The first-order chi connectivity index (χ1) is 23.0. The number of aliphatic imine (C=N–C) groups is 1. The van der Waals surface area contributed by atoms with Crippen LogP contribution in [0, 0.1) is 0 Å². The molecule has 9 nitrogen and oxygen atoms in total. The highest BCUT2D eigenvalue weighted by Crippen LogP contribution is 2.34. The van der Waals surface area contributed by atoms with E-state index in [0.29, 0.717) is 31.4 Å². The van der Waals surface area contributed by atoms with Crippen LogP contribution in [0.3, 0.4) is 0 Å². The minimum atomic E-state index is -0.626. The van der Waals surface area contributed by atoms with E-state index in [-0.39, 0.29) is 5.91 Å². The van der Waals surface area contributed by atoms with Crippen molar-refractivity contribution in [2.45, 2.75) is 85.5 Å². The van der Waals surface area contributed by atoms with Crippen molar-refractivity contribution in [2.24, 2.45) is 4.99 Å². The molecule has 3 aromatic rings. The summed E-state index contributed by atoms with van der Waals surface area (Å²) in [5.74, 6) is 1.07. The first-order valence-electron chi connectivity index (χ1n) is 17.3. The monoisotopic (exact) mass is 654 g/mol. The number of nitrogens with zero attached hydrogens (tertiary/aromatic N) is 4. The number of carbonyl (C=O) groups excluding carboxylic acids is 2. The van der Waals surface area contributed by atoms with Gasteiger partial charge in [-0.1, -0.05) is 17.7 Å². The SMILES string of the molecule is C/C=C(\C)c1[nH]c2ccc(C(C)(C)C(=O)N3CCCC3)cc2c1CCN=C(NC(=O)OCC)N1CCC(c2ccncc2)C1.C=C(C)C. The number of likely N-dealkylation sites (tertiary alicyclic amines) is 2. The number of benzene rings is 1. The molecule has 2 aliphatic heterocycles. The van der Waals surface area contributed by atoms with Gasteiger partial charge in [0, 0.05) is 67.6 Å². The second-order valence-corrected chi connectivity index (χ2v) is 13.6. The summed E-state index contributed by atoms with van der Waals surface area (Å²) < 4.78 is 5.21. The van der Waals surface area contributed by atoms with Crippen LogP contribution in [-0.4, -0.2) is 77.1 Å².